The highest BCUT2D eigenvalue weighted by molar-refractivity contribution is 6.02. The number of urea groups is 1. The van der Waals surface area contributed by atoms with Crippen molar-refractivity contribution in [2.75, 3.05) is 26.2 Å². The van der Waals surface area contributed by atoms with Crippen LogP contribution >= 0.6 is 0 Å². The van der Waals surface area contributed by atoms with E-state index in [1.807, 2.05) is 0 Å². The Labute approximate surface area is 120 Å². The second-order valence-corrected chi connectivity index (χ2v) is 6.46. The van der Waals surface area contributed by atoms with E-state index in [9.17, 15) is 9.59 Å². The quantitative estimate of drug-likeness (QED) is 0.798. The monoisotopic (exact) mass is 279 g/mol. The molecule has 112 valence electrons. The summed E-state index contributed by atoms with van der Waals surface area (Å²) in [6.07, 6.45) is 8.83. The second kappa shape index (κ2) is 6.12. The number of carbonyl (C=O) groups is 2. The standard InChI is InChI=1S/C15H25N3O2/c19-14-10-16-15(20)18(14)13-6-8-17(9-7-13)11-12-4-2-1-3-5-12/h12-13H,1-11H2,(H,16,20). The first kappa shape index (κ1) is 13.9. The minimum Gasteiger partial charge on any atom is -0.329 e. The SMILES string of the molecule is O=C1CNC(=O)N1C1CCN(CC2CCCCC2)CC1. The molecule has 1 N–H and O–H groups in total. The van der Waals surface area contributed by atoms with Crippen LogP contribution in [0.2, 0.25) is 0 Å². The van der Waals surface area contributed by atoms with Crippen molar-refractivity contribution in [3.05, 3.63) is 0 Å². The molecule has 0 aromatic carbocycles. The van der Waals surface area contributed by atoms with E-state index < -0.39 is 0 Å². The summed E-state index contributed by atoms with van der Waals surface area (Å²) in [7, 11) is 0. The summed E-state index contributed by atoms with van der Waals surface area (Å²) < 4.78 is 0. The molecule has 0 unspecified atom stereocenters. The molecule has 5 nitrogen and oxygen atoms in total. The van der Waals surface area contributed by atoms with Crippen LogP contribution in [0.15, 0.2) is 0 Å². The minimum atomic E-state index is -0.194. The first-order valence-electron chi connectivity index (χ1n) is 8.06. The summed E-state index contributed by atoms with van der Waals surface area (Å²) in [6, 6.07) is -0.0756. The zero-order valence-corrected chi connectivity index (χ0v) is 12.1. The Balaban J connectivity index is 1.47. The summed E-state index contributed by atoms with van der Waals surface area (Å²) in [6.45, 7) is 3.45. The number of nitrogens with one attached hydrogen (secondary N) is 1. The lowest BCUT2D eigenvalue weighted by Crippen LogP contribution is -2.48. The van der Waals surface area contributed by atoms with Crippen LogP contribution in [0.3, 0.4) is 0 Å². The Kier molecular flexibility index (Phi) is 4.24. The van der Waals surface area contributed by atoms with E-state index in [4.69, 9.17) is 0 Å². The largest absolute Gasteiger partial charge is 0.329 e. The molecule has 20 heavy (non-hydrogen) atoms. The average molecular weight is 279 g/mol. The van der Waals surface area contributed by atoms with Crippen molar-refractivity contribution in [1.82, 2.24) is 15.1 Å². The zero-order chi connectivity index (χ0) is 13.9. The molecule has 0 spiro atoms. The van der Waals surface area contributed by atoms with E-state index >= 15 is 0 Å². The molecule has 3 rings (SSSR count). The number of carbonyl (C=O) groups excluding carboxylic acids is 2. The van der Waals surface area contributed by atoms with Crippen LogP contribution in [0, 0.1) is 5.92 Å². The number of rotatable bonds is 3. The third-order valence-electron chi connectivity index (χ3n) is 5.04. The summed E-state index contributed by atoms with van der Waals surface area (Å²) in [5, 5.41) is 2.62. The maximum absolute atomic E-state index is 11.7. The molecule has 5 heteroatoms. The van der Waals surface area contributed by atoms with Crippen LogP contribution in [-0.2, 0) is 4.79 Å². The predicted octanol–water partition coefficient (Wildman–Crippen LogP) is 1.58. The van der Waals surface area contributed by atoms with Gasteiger partial charge >= 0.3 is 6.03 Å². The smallest absolute Gasteiger partial charge is 0.324 e. The van der Waals surface area contributed by atoms with Crippen molar-refractivity contribution in [3.63, 3.8) is 0 Å². The third kappa shape index (κ3) is 2.97. The Morgan fingerprint density at radius 2 is 1.70 bits per heavy atom. The molecule has 0 atom stereocenters. The molecule has 1 aliphatic carbocycles. The van der Waals surface area contributed by atoms with Gasteiger partial charge in [0.25, 0.3) is 0 Å². The highest BCUT2D eigenvalue weighted by Gasteiger charge is 2.36. The molecule has 3 aliphatic rings. The van der Waals surface area contributed by atoms with Gasteiger partial charge in [0.1, 0.15) is 0 Å². The number of likely N-dealkylation sites (tertiary alicyclic amines) is 1. The molecule has 2 heterocycles. The van der Waals surface area contributed by atoms with E-state index in [-0.39, 0.29) is 24.5 Å². The fraction of sp³-hybridized carbons (Fsp3) is 0.867. The average Bonchev–Trinajstić information content (AvgIpc) is 2.81. The molecular weight excluding hydrogens is 254 g/mol. The lowest BCUT2D eigenvalue weighted by atomic mass is 9.88. The van der Waals surface area contributed by atoms with Gasteiger partial charge in [-0.3, -0.25) is 9.69 Å². The number of hydrogen-bond donors (Lipinski definition) is 1. The molecule has 3 fully saturated rings. The second-order valence-electron chi connectivity index (χ2n) is 6.46. The van der Waals surface area contributed by atoms with Gasteiger partial charge in [-0.15, -0.1) is 0 Å². The molecule has 3 amide bonds. The van der Waals surface area contributed by atoms with Gasteiger partial charge in [-0.1, -0.05) is 19.3 Å². The van der Waals surface area contributed by atoms with Gasteiger partial charge < -0.3 is 10.2 Å². The van der Waals surface area contributed by atoms with Crippen LogP contribution < -0.4 is 5.32 Å². The molecule has 2 saturated heterocycles. The van der Waals surface area contributed by atoms with Gasteiger partial charge in [0.2, 0.25) is 5.91 Å². The van der Waals surface area contributed by atoms with E-state index in [1.165, 1.54) is 43.5 Å². The normalized spacial score (nSPS) is 27.1. The molecule has 0 aromatic heterocycles. The van der Waals surface area contributed by atoms with Crippen LogP contribution in [-0.4, -0.2) is 54.0 Å². The van der Waals surface area contributed by atoms with Crippen LogP contribution in [0.5, 0.6) is 0 Å². The van der Waals surface area contributed by atoms with E-state index in [1.54, 1.807) is 0 Å². The van der Waals surface area contributed by atoms with Crippen molar-refractivity contribution in [2.45, 2.75) is 51.0 Å². The van der Waals surface area contributed by atoms with Crippen LogP contribution in [0.1, 0.15) is 44.9 Å². The van der Waals surface area contributed by atoms with Crippen molar-refractivity contribution in [1.29, 1.82) is 0 Å². The molecule has 0 radical (unpaired) electrons. The van der Waals surface area contributed by atoms with Crippen LogP contribution in [0.4, 0.5) is 4.79 Å². The zero-order valence-electron chi connectivity index (χ0n) is 12.1. The van der Waals surface area contributed by atoms with E-state index in [0.717, 1.165) is 31.8 Å². The molecular formula is C15H25N3O2. The van der Waals surface area contributed by atoms with Gasteiger partial charge in [0.05, 0.1) is 6.54 Å². The number of amides is 3. The molecule has 0 aromatic rings. The number of hydrogen-bond acceptors (Lipinski definition) is 3. The summed E-state index contributed by atoms with van der Waals surface area (Å²) in [5.41, 5.74) is 0. The topological polar surface area (TPSA) is 52.7 Å². The summed E-state index contributed by atoms with van der Waals surface area (Å²) >= 11 is 0. The highest BCUT2D eigenvalue weighted by atomic mass is 16.2. The Hall–Kier alpha value is -1.10. The summed E-state index contributed by atoms with van der Waals surface area (Å²) in [4.78, 5) is 27.4. The van der Waals surface area contributed by atoms with E-state index in [0.29, 0.717) is 0 Å². The fourth-order valence-corrected chi connectivity index (χ4v) is 3.90. The lowest BCUT2D eigenvalue weighted by Gasteiger charge is -2.37. The van der Waals surface area contributed by atoms with Gasteiger partial charge in [-0.05, 0) is 31.6 Å². The third-order valence-corrected chi connectivity index (χ3v) is 5.04. The van der Waals surface area contributed by atoms with Crippen molar-refractivity contribution in [3.8, 4) is 0 Å². The first-order chi connectivity index (χ1) is 9.74. The lowest BCUT2D eigenvalue weighted by molar-refractivity contribution is -0.127. The van der Waals surface area contributed by atoms with Crippen molar-refractivity contribution < 1.29 is 9.59 Å². The van der Waals surface area contributed by atoms with Gasteiger partial charge in [-0.2, -0.15) is 0 Å². The Morgan fingerprint density at radius 1 is 1.00 bits per heavy atom. The summed E-state index contributed by atoms with van der Waals surface area (Å²) in [5.74, 6) is 0.817. The molecule has 2 aliphatic heterocycles. The van der Waals surface area contributed by atoms with E-state index in [2.05, 4.69) is 10.2 Å². The number of nitrogens with zero attached hydrogens (tertiary/aromatic N) is 2. The van der Waals surface area contributed by atoms with Gasteiger partial charge in [0.15, 0.2) is 0 Å². The van der Waals surface area contributed by atoms with Crippen LogP contribution in [0.25, 0.3) is 0 Å². The van der Waals surface area contributed by atoms with Crippen molar-refractivity contribution in [2.24, 2.45) is 5.92 Å². The minimum absolute atomic E-state index is 0.0549. The number of imide groups is 1. The number of piperidine rings is 1. The Bertz CT molecular complexity index is 355. The van der Waals surface area contributed by atoms with Gasteiger partial charge in [-0.25, -0.2) is 4.79 Å². The molecule has 0 bridgehead atoms. The Morgan fingerprint density at radius 3 is 2.30 bits per heavy atom. The predicted molar refractivity (Wildman–Crippen MR) is 76.3 cm³/mol. The first-order valence-corrected chi connectivity index (χ1v) is 8.06. The highest BCUT2D eigenvalue weighted by Crippen LogP contribution is 2.26. The van der Waals surface area contributed by atoms with Crippen molar-refractivity contribution >= 4 is 11.9 Å². The maximum atomic E-state index is 11.7. The fourth-order valence-electron chi connectivity index (χ4n) is 3.90. The van der Waals surface area contributed by atoms with Gasteiger partial charge in [0, 0.05) is 25.7 Å². The maximum Gasteiger partial charge on any atom is 0.324 e. The molecule has 1 saturated carbocycles.